The summed E-state index contributed by atoms with van der Waals surface area (Å²) in [5, 5.41) is 4.67. The molecule has 1 heterocycles. The summed E-state index contributed by atoms with van der Waals surface area (Å²) in [6.45, 7) is 0. The van der Waals surface area contributed by atoms with Gasteiger partial charge in [-0.3, -0.25) is 9.59 Å². The Bertz CT molecular complexity index is 885. The number of amides is 2. The molecule has 0 unspecified atom stereocenters. The summed E-state index contributed by atoms with van der Waals surface area (Å²) in [5.74, 6) is -0.920. The van der Waals surface area contributed by atoms with E-state index in [1.165, 1.54) is 12.1 Å². The molecule has 140 valence electrons. The maximum atomic E-state index is 12.7. The van der Waals surface area contributed by atoms with Crippen LogP contribution in [0.15, 0.2) is 59.6 Å². The highest BCUT2D eigenvalue weighted by Crippen LogP contribution is 2.31. The molecule has 2 N–H and O–H groups in total. The minimum absolute atomic E-state index is 0.0245. The van der Waals surface area contributed by atoms with Crippen molar-refractivity contribution in [3.05, 3.63) is 60.2 Å². The van der Waals surface area contributed by atoms with Crippen molar-refractivity contribution >= 4 is 40.1 Å². The molecule has 0 spiro atoms. The molecule has 0 bridgehead atoms. The van der Waals surface area contributed by atoms with Crippen LogP contribution in [0.1, 0.15) is 12.0 Å². The Balaban J connectivity index is 1.61. The predicted molar refractivity (Wildman–Crippen MR) is 97.7 cm³/mol. The van der Waals surface area contributed by atoms with Crippen molar-refractivity contribution in [2.75, 3.05) is 5.32 Å². The van der Waals surface area contributed by atoms with E-state index in [-0.39, 0.29) is 18.0 Å². The number of halogens is 3. The first-order valence-electron chi connectivity index (χ1n) is 7.89. The van der Waals surface area contributed by atoms with Crippen molar-refractivity contribution in [1.82, 2.24) is 5.32 Å². The summed E-state index contributed by atoms with van der Waals surface area (Å²) >= 11 is 1.11. The Morgan fingerprint density at radius 1 is 1.15 bits per heavy atom. The Kier molecular flexibility index (Phi) is 5.50. The third-order valence-corrected chi connectivity index (χ3v) is 4.69. The first-order valence-corrected chi connectivity index (χ1v) is 8.77. The van der Waals surface area contributed by atoms with E-state index >= 15 is 0 Å². The van der Waals surface area contributed by atoms with Gasteiger partial charge in [0.2, 0.25) is 11.8 Å². The van der Waals surface area contributed by atoms with E-state index in [0.717, 1.165) is 23.9 Å². The molecule has 3 rings (SSSR count). The van der Waals surface area contributed by atoms with Crippen LogP contribution in [-0.4, -0.2) is 22.2 Å². The zero-order chi connectivity index (χ0) is 19.4. The quantitative estimate of drug-likeness (QED) is 0.826. The normalized spacial score (nSPS) is 18.4. The van der Waals surface area contributed by atoms with Crippen LogP contribution in [0.5, 0.6) is 0 Å². The lowest BCUT2D eigenvalue weighted by Crippen LogP contribution is -2.28. The van der Waals surface area contributed by atoms with Crippen molar-refractivity contribution in [3.63, 3.8) is 0 Å². The van der Waals surface area contributed by atoms with Gasteiger partial charge in [0.25, 0.3) is 0 Å². The summed E-state index contributed by atoms with van der Waals surface area (Å²) in [4.78, 5) is 28.4. The first-order chi connectivity index (χ1) is 12.8. The van der Waals surface area contributed by atoms with Crippen molar-refractivity contribution < 1.29 is 22.8 Å². The van der Waals surface area contributed by atoms with Gasteiger partial charge in [0.1, 0.15) is 5.25 Å². The molecule has 1 aliphatic rings. The number of thioether (sulfide) groups is 1. The molecule has 0 aliphatic carbocycles. The molecule has 0 radical (unpaired) electrons. The Morgan fingerprint density at radius 3 is 2.59 bits per heavy atom. The van der Waals surface area contributed by atoms with Crippen molar-refractivity contribution in [2.45, 2.75) is 17.8 Å². The van der Waals surface area contributed by atoms with Crippen LogP contribution in [0.4, 0.5) is 24.5 Å². The predicted octanol–water partition coefficient (Wildman–Crippen LogP) is 3.95. The highest BCUT2D eigenvalue weighted by atomic mass is 32.2. The Hall–Kier alpha value is -2.81. The number of hydrogen-bond donors (Lipinski definition) is 2. The van der Waals surface area contributed by atoms with Crippen LogP contribution in [0.2, 0.25) is 0 Å². The largest absolute Gasteiger partial charge is 0.416 e. The minimum atomic E-state index is -4.50. The van der Waals surface area contributed by atoms with Gasteiger partial charge >= 0.3 is 6.18 Å². The number of nitrogens with zero attached hydrogens (tertiary/aromatic N) is 1. The van der Waals surface area contributed by atoms with Gasteiger partial charge in [-0.15, -0.1) is 0 Å². The zero-order valence-electron chi connectivity index (χ0n) is 13.8. The van der Waals surface area contributed by atoms with E-state index in [1.807, 2.05) is 6.07 Å². The number of carbonyl (C=O) groups is 2. The van der Waals surface area contributed by atoms with E-state index in [2.05, 4.69) is 15.6 Å². The van der Waals surface area contributed by atoms with E-state index in [1.54, 1.807) is 24.3 Å². The number of rotatable bonds is 4. The van der Waals surface area contributed by atoms with Crippen LogP contribution in [-0.2, 0) is 15.8 Å². The smallest absolute Gasteiger partial charge is 0.326 e. The molecule has 0 saturated carbocycles. The lowest BCUT2D eigenvalue weighted by Gasteiger charge is -2.10. The number of para-hydroxylation sites is 1. The molecule has 1 atom stereocenters. The molecule has 2 amide bonds. The average molecular weight is 393 g/mol. The van der Waals surface area contributed by atoms with Gasteiger partial charge in [0.05, 0.1) is 11.3 Å². The van der Waals surface area contributed by atoms with Gasteiger partial charge in [0.15, 0.2) is 5.17 Å². The highest BCUT2D eigenvalue weighted by molar-refractivity contribution is 8.15. The molecule has 1 saturated heterocycles. The molecule has 5 nitrogen and oxygen atoms in total. The lowest BCUT2D eigenvalue weighted by atomic mass is 10.2. The molecule has 2 aromatic carbocycles. The number of amidine groups is 1. The Labute approximate surface area is 157 Å². The van der Waals surface area contributed by atoms with Gasteiger partial charge in [-0.1, -0.05) is 36.0 Å². The standard InChI is InChI=1S/C18H14F3N3O2S/c19-18(20,21)11-5-4-8-13(9-11)22-15(25)10-14-16(26)24-17(27-14)23-12-6-2-1-3-7-12/h1-9,14H,10H2,(H,22,25)(H,23,24,26)/t14-/m1/s1. The number of alkyl halides is 3. The van der Waals surface area contributed by atoms with Gasteiger partial charge in [-0.25, -0.2) is 4.99 Å². The minimum Gasteiger partial charge on any atom is -0.326 e. The third kappa shape index (κ3) is 5.10. The fourth-order valence-corrected chi connectivity index (χ4v) is 3.35. The average Bonchev–Trinajstić information content (AvgIpc) is 2.94. The molecular formula is C18H14F3N3O2S. The highest BCUT2D eigenvalue weighted by Gasteiger charge is 2.33. The number of anilines is 1. The van der Waals surface area contributed by atoms with Gasteiger partial charge < -0.3 is 10.6 Å². The molecule has 9 heteroatoms. The number of hydrogen-bond acceptors (Lipinski definition) is 4. The van der Waals surface area contributed by atoms with Gasteiger partial charge in [-0.05, 0) is 30.3 Å². The first kappa shape index (κ1) is 19.0. The fraction of sp³-hybridized carbons (Fsp3) is 0.167. The van der Waals surface area contributed by atoms with Crippen LogP contribution in [0.3, 0.4) is 0 Å². The number of aliphatic imine (C=N–C) groups is 1. The molecular weight excluding hydrogens is 379 g/mol. The monoisotopic (exact) mass is 393 g/mol. The SMILES string of the molecule is O=C(C[C@H]1SC(=Nc2ccccc2)NC1=O)Nc1cccc(C(F)(F)F)c1. The summed E-state index contributed by atoms with van der Waals surface area (Å²) < 4.78 is 38.2. The lowest BCUT2D eigenvalue weighted by molar-refractivity contribution is -0.137. The molecule has 0 aromatic heterocycles. The number of benzene rings is 2. The second kappa shape index (κ2) is 7.83. The van der Waals surface area contributed by atoms with Crippen LogP contribution in [0.25, 0.3) is 0 Å². The fourth-order valence-electron chi connectivity index (χ4n) is 2.37. The summed E-state index contributed by atoms with van der Waals surface area (Å²) in [7, 11) is 0. The van der Waals surface area contributed by atoms with Crippen molar-refractivity contribution in [2.24, 2.45) is 4.99 Å². The maximum Gasteiger partial charge on any atom is 0.416 e. The van der Waals surface area contributed by atoms with Crippen molar-refractivity contribution in [1.29, 1.82) is 0 Å². The summed E-state index contributed by atoms with van der Waals surface area (Å²) in [6, 6.07) is 13.3. The van der Waals surface area contributed by atoms with Gasteiger partial charge in [0, 0.05) is 12.1 Å². The second-order valence-corrected chi connectivity index (χ2v) is 6.87. The van der Waals surface area contributed by atoms with Gasteiger partial charge in [-0.2, -0.15) is 13.2 Å². The van der Waals surface area contributed by atoms with E-state index in [9.17, 15) is 22.8 Å². The molecule has 1 aliphatic heterocycles. The zero-order valence-corrected chi connectivity index (χ0v) is 14.6. The second-order valence-electron chi connectivity index (χ2n) is 5.68. The topological polar surface area (TPSA) is 70.6 Å². The van der Waals surface area contributed by atoms with E-state index in [4.69, 9.17) is 0 Å². The van der Waals surface area contributed by atoms with Crippen LogP contribution >= 0.6 is 11.8 Å². The number of carbonyl (C=O) groups excluding carboxylic acids is 2. The number of nitrogens with one attached hydrogen (secondary N) is 2. The summed E-state index contributed by atoms with van der Waals surface area (Å²) in [5.41, 5.74) is -0.170. The molecule has 2 aromatic rings. The van der Waals surface area contributed by atoms with E-state index < -0.39 is 22.9 Å². The molecule has 1 fully saturated rings. The Morgan fingerprint density at radius 2 is 1.89 bits per heavy atom. The van der Waals surface area contributed by atoms with E-state index in [0.29, 0.717) is 10.9 Å². The van der Waals surface area contributed by atoms with Crippen LogP contribution in [0, 0.1) is 0 Å². The molecule has 27 heavy (non-hydrogen) atoms. The summed E-state index contributed by atoms with van der Waals surface area (Å²) in [6.07, 6.45) is -4.68. The van der Waals surface area contributed by atoms with Crippen molar-refractivity contribution in [3.8, 4) is 0 Å². The van der Waals surface area contributed by atoms with Crippen LogP contribution < -0.4 is 10.6 Å². The maximum absolute atomic E-state index is 12.7. The third-order valence-electron chi connectivity index (χ3n) is 3.61.